The third-order valence-electron chi connectivity index (χ3n) is 4.90. The van der Waals surface area contributed by atoms with Gasteiger partial charge in [-0.1, -0.05) is 19.3 Å². The largest absolute Gasteiger partial charge is 0.355 e. The van der Waals surface area contributed by atoms with Gasteiger partial charge in [-0.05, 0) is 38.6 Å². The molecule has 0 spiro atoms. The van der Waals surface area contributed by atoms with Crippen molar-refractivity contribution in [3.05, 3.63) is 0 Å². The lowest BCUT2D eigenvalue weighted by Gasteiger charge is -2.24. The maximum Gasteiger partial charge on any atom is 0.220 e. The summed E-state index contributed by atoms with van der Waals surface area (Å²) in [6, 6.07) is 0.979. The van der Waals surface area contributed by atoms with Gasteiger partial charge >= 0.3 is 0 Å². The number of carbonyl (C=O) groups excluding carboxylic acids is 1. The van der Waals surface area contributed by atoms with Crippen LogP contribution in [0.25, 0.3) is 0 Å². The Morgan fingerprint density at radius 1 is 1.21 bits per heavy atom. The first-order valence-corrected chi connectivity index (χ1v) is 7.89. The topological polar surface area (TPSA) is 58.4 Å². The Bertz CT molecular complexity index is 289. The van der Waals surface area contributed by atoms with E-state index in [4.69, 9.17) is 5.73 Å². The fourth-order valence-electron chi connectivity index (χ4n) is 3.53. The number of nitrogens with two attached hydrogens (primary N) is 1. The van der Waals surface area contributed by atoms with Gasteiger partial charge in [-0.3, -0.25) is 4.79 Å². The molecule has 1 amide bonds. The van der Waals surface area contributed by atoms with Gasteiger partial charge in [0.05, 0.1) is 0 Å². The van der Waals surface area contributed by atoms with Crippen LogP contribution in [-0.4, -0.2) is 43.0 Å². The molecule has 0 bridgehead atoms. The fraction of sp³-hybridized carbons (Fsp3) is 0.933. The highest BCUT2D eigenvalue weighted by Crippen LogP contribution is 2.26. The van der Waals surface area contributed by atoms with Gasteiger partial charge in [-0.25, -0.2) is 0 Å². The normalized spacial score (nSPS) is 28.2. The van der Waals surface area contributed by atoms with Gasteiger partial charge in [0.1, 0.15) is 0 Å². The van der Waals surface area contributed by atoms with E-state index in [1.165, 1.54) is 32.1 Å². The maximum atomic E-state index is 11.9. The molecule has 0 unspecified atom stereocenters. The predicted octanol–water partition coefficient (Wildman–Crippen LogP) is 1.49. The molecule has 0 heterocycles. The summed E-state index contributed by atoms with van der Waals surface area (Å²) in [5.41, 5.74) is 6.00. The molecule has 2 saturated carbocycles. The lowest BCUT2D eigenvalue weighted by Crippen LogP contribution is -2.38. The number of amides is 1. The summed E-state index contributed by atoms with van der Waals surface area (Å²) in [6.45, 7) is 1.74. The highest BCUT2D eigenvalue weighted by molar-refractivity contribution is 5.76. The number of hydrogen-bond acceptors (Lipinski definition) is 3. The third-order valence-corrected chi connectivity index (χ3v) is 4.90. The van der Waals surface area contributed by atoms with Crippen LogP contribution in [0.5, 0.6) is 0 Å². The number of nitrogens with zero attached hydrogens (tertiary/aromatic N) is 1. The van der Waals surface area contributed by atoms with Crippen LogP contribution in [-0.2, 0) is 4.79 Å². The molecule has 2 rings (SSSR count). The van der Waals surface area contributed by atoms with Crippen LogP contribution < -0.4 is 11.1 Å². The molecule has 0 radical (unpaired) electrons. The number of carbonyl (C=O) groups is 1. The SMILES string of the molecule is CN(CCNC(=O)C[C@@H]1CCC[C@H]1N)C1CCCC1. The average Bonchev–Trinajstić information content (AvgIpc) is 3.02. The number of rotatable bonds is 6. The summed E-state index contributed by atoms with van der Waals surface area (Å²) in [5, 5.41) is 3.05. The van der Waals surface area contributed by atoms with Crippen LogP contribution in [0, 0.1) is 5.92 Å². The van der Waals surface area contributed by atoms with Crippen LogP contribution in [0.4, 0.5) is 0 Å². The van der Waals surface area contributed by atoms with Crippen molar-refractivity contribution in [2.45, 2.75) is 63.5 Å². The van der Waals surface area contributed by atoms with Crippen LogP contribution in [0.1, 0.15) is 51.4 Å². The zero-order valence-corrected chi connectivity index (χ0v) is 12.2. The van der Waals surface area contributed by atoms with Gasteiger partial charge in [0, 0.05) is 31.6 Å². The van der Waals surface area contributed by atoms with Gasteiger partial charge in [0.15, 0.2) is 0 Å². The molecular weight excluding hydrogens is 238 g/mol. The standard InChI is InChI=1S/C15H29N3O/c1-18(13-6-2-3-7-13)10-9-17-15(19)11-12-5-4-8-14(12)16/h12-14H,2-11,16H2,1H3,(H,17,19)/t12-,14+/m0/s1. The minimum atomic E-state index is 0.183. The molecule has 2 fully saturated rings. The molecule has 19 heavy (non-hydrogen) atoms. The number of nitrogens with one attached hydrogen (secondary N) is 1. The molecule has 0 saturated heterocycles. The second kappa shape index (κ2) is 7.25. The lowest BCUT2D eigenvalue weighted by molar-refractivity contribution is -0.122. The van der Waals surface area contributed by atoms with Crippen LogP contribution >= 0.6 is 0 Å². The second-order valence-corrected chi connectivity index (χ2v) is 6.33. The Morgan fingerprint density at radius 3 is 2.58 bits per heavy atom. The Labute approximate surface area is 117 Å². The minimum absolute atomic E-state index is 0.183. The quantitative estimate of drug-likeness (QED) is 0.766. The molecule has 4 nitrogen and oxygen atoms in total. The van der Waals surface area contributed by atoms with Crippen molar-refractivity contribution < 1.29 is 4.79 Å². The molecule has 3 N–H and O–H groups in total. The van der Waals surface area contributed by atoms with Crippen molar-refractivity contribution in [1.29, 1.82) is 0 Å². The predicted molar refractivity (Wildman–Crippen MR) is 77.8 cm³/mol. The summed E-state index contributed by atoms with van der Waals surface area (Å²) in [7, 11) is 2.18. The van der Waals surface area contributed by atoms with Gasteiger partial charge < -0.3 is 16.0 Å². The van der Waals surface area contributed by atoms with Crippen molar-refractivity contribution in [3.8, 4) is 0 Å². The first kappa shape index (κ1) is 14.8. The Kier molecular flexibility index (Phi) is 5.64. The van der Waals surface area contributed by atoms with Crippen molar-refractivity contribution in [3.63, 3.8) is 0 Å². The lowest BCUT2D eigenvalue weighted by atomic mass is 10.00. The van der Waals surface area contributed by atoms with E-state index in [1.807, 2.05) is 0 Å². The van der Waals surface area contributed by atoms with Crippen molar-refractivity contribution in [1.82, 2.24) is 10.2 Å². The minimum Gasteiger partial charge on any atom is -0.355 e. The van der Waals surface area contributed by atoms with E-state index < -0.39 is 0 Å². The molecule has 2 aliphatic rings. The highest BCUT2D eigenvalue weighted by atomic mass is 16.1. The van der Waals surface area contributed by atoms with Crippen molar-refractivity contribution in [2.24, 2.45) is 11.7 Å². The molecule has 0 aliphatic heterocycles. The van der Waals surface area contributed by atoms with Gasteiger partial charge in [-0.15, -0.1) is 0 Å². The average molecular weight is 267 g/mol. The van der Waals surface area contributed by atoms with Crippen molar-refractivity contribution >= 4 is 5.91 Å². The smallest absolute Gasteiger partial charge is 0.220 e. The zero-order chi connectivity index (χ0) is 13.7. The second-order valence-electron chi connectivity index (χ2n) is 6.33. The highest BCUT2D eigenvalue weighted by Gasteiger charge is 2.26. The summed E-state index contributed by atoms with van der Waals surface area (Å²) < 4.78 is 0. The monoisotopic (exact) mass is 267 g/mol. The fourth-order valence-corrected chi connectivity index (χ4v) is 3.53. The first-order chi connectivity index (χ1) is 9.16. The molecular formula is C15H29N3O. The molecule has 4 heteroatoms. The number of likely N-dealkylation sites (N-methyl/N-ethyl adjacent to an activating group) is 1. The van der Waals surface area contributed by atoms with Gasteiger partial charge in [0.25, 0.3) is 0 Å². The molecule has 2 aliphatic carbocycles. The molecule has 0 aromatic heterocycles. The Hall–Kier alpha value is -0.610. The van der Waals surface area contributed by atoms with E-state index in [-0.39, 0.29) is 11.9 Å². The maximum absolute atomic E-state index is 11.9. The first-order valence-electron chi connectivity index (χ1n) is 7.89. The Morgan fingerprint density at radius 2 is 1.95 bits per heavy atom. The summed E-state index contributed by atoms with van der Waals surface area (Å²) in [5.74, 6) is 0.592. The van der Waals surface area contributed by atoms with E-state index in [0.717, 1.165) is 32.0 Å². The van der Waals surface area contributed by atoms with Crippen LogP contribution in [0.3, 0.4) is 0 Å². The Balaban J connectivity index is 1.58. The van der Waals surface area contributed by atoms with E-state index in [9.17, 15) is 4.79 Å². The molecule has 0 aromatic carbocycles. The summed E-state index contributed by atoms with van der Waals surface area (Å²) in [6.07, 6.45) is 9.38. The number of hydrogen-bond donors (Lipinski definition) is 2. The summed E-state index contributed by atoms with van der Waals surface area (Å²) >= 11 is 0. The van der Waals surface area contributed by atoms with Crippen LogP contribution in [0.15, 0.2) is 0 Å². The van der Waals surface area contributed by atoms with Gasteiger partial charge in [-0.2, -0.15) is 0 Å². The van der Waals surface area contributed by atoms with Gasteiger partial charge in [0.2, 0.25) is 5.91 Å². The van der Waals surface area contributed by atoms with E-state index in [1.54, 1.807) is 0 Å². The molecule has 110 valence electrons. The van der Waals surface area contributed by atoms with Crippen molar-refractivity contribution in [2.75, 3.05) is 20.1 Å². The van der Waals surface area contributed by atoms with Crippen LogP contribution in [0.2, 0.25) is 0 Å². The molecule has 0 aromatic rings. The zero-order valence-electron chi connectivity index (χ0n) is 12.2. The van der Waals surface area contributed by atoms with E-state index in [2.05, 4.69) is 17.3 Å². The van der Waals surface area contributed by atoms with E-state index in [0.29, 0.717) is 12.3 Å². The summed E-state index contributed by atoms with van der Waals surface area (Å²) in [4.78, 5) is 14.3. The van der Waals surface area contributed by atoms with E-state index >= 15 is 0 Å². The third kappa shape index (κ3) is 4.46. The molecule has 2 atom stereocenters.